The molecule has 0 radical (unpaired) electrons. The molecule has 0 amide bonds. The highest BCUT2D eigenvalue weighted by Crippen LogP contribution is 2.18. The van der Waals surface area contributed by atoms with Crippen LogP contribution in [-0.2, 0) is 0 Å². The summed E-state index contributed by atoms with van der Waals surface area (Å²) in [5.74, 6) is 0. The van der Waals surface area contributed by atoms with Gasteiger partial charge in [0.05, 0.1) is 0 Å². The van der Waals surface area contributed by atoms with Gasteiger partial charge in [-0.3, -0.25) is 0 Å². The number of hydrogen-bond acceptors (Lipinski definition) is 0. The maximum absolute atomic E-state index is 5.22. The van der Waals surface area contributed by atoms with Crippen LogP contribution in [0.4, 0.5) is 0 Å². The first-order chi connectivity index (χ1) is 3.43. The highest BCUT2D eigenvalue weighted by Gasteiger charge is 1.82. The molecule has 38 valence electrons. The van der Waals surface area contributed by atoms with Crippen molar-refractivity contribution >= 4 is 16.0 Å². The molecule has 0 aromatic carbocycles. The van der Waals surface area contributed by atoms with Crippen molar-refractivity contribution in [3.63, 3.8) is 0 Å². The van der Waals surface area contributed by atoms with Gasteiger partial charge in [-0.2, -0.15) is 0 Å². The molecule has 0 spiro atoms. The summed E-state index contributed by atoms with van der Waals surface area (Å²) in [5.41, 5.74) is 6.91. The van der Waals surface area contributed by atoms with Gasteiger partial charge in [-0.15, -0.1) is 10.5 Å². The Balaban J connectivity index is 2.79. The number of allylic oxidation sites excluding steroid dienone is 2. The Morgan fingerprint density at radius 1 is 1.29 bits per heavy atom. The minimum atomic E-state index is 0.157. The molecule has 1 rings (SSSR count). The molecule has 0 atom stereocenters. The molecule has 1 aliphatic heterocycles. The van der Waals surface area contributed by atoms with E-state index in [4.69, 9.17) is 5.73 Å². The summed E-state index contributed by atoms with van der Waals surface area (Å²) in [7, 11) is 0.157. The van der Waals surface area contributed by atoms with Gasteiger partial charge in [-0.1, -0.05) is 12.2 Å². The van der Waals surface area contributed by atoms with Crippen LogP contribution < -0.4 is 5.73 Å². The van der Waals surface area contributed by atoms with Gasteiger partial charge < -0.3 is 5.73 Å². The molecule has 0 unspecified atom stereocenters. The monoisotopic (exact) mass is 113 g/mol. The van der Waals surface area contributed by atoms with E-state index in [9.17, 15) is 0 Å². The van der Waals surface area contributed by atoms with E-state index in [1.807, 2.05) is 12.2 Å². The lowest BCUT2D eigenvalue weighted by atomic mass is 10.6. The topological polar surface area (TPSA) is 26.0 Å². The van der Waals surface area contributed by atoms with Crippen LogP contribution in [0, 0.1) is 0 Å². The van der Waals surface area contributed by atoms with Crippen molar-refractivity contribution in [3.8, 4) is 0 Å². The van der Waals surface area contributed by atoms with E-state index >= 15 is 0 Å². The molecule has 0 aliphatic carbocycles. The zero-order chi connectivity index (χ0) is 5.11. The van der Waals surface area contributed by atoms with E-state index in [-0.39, 0.29) is 10.5 Å². The number of rotatable bonds is 0. The Hall–Kier alpha value is -0.340. The van der Waals surface area contributed by atoms with Crippen LogP contribution in [0.25, 0.3) is 0 Å². The van der Waals surface area contributed by atoms with Crippen LogP contribution in [0.2, 0.25) is 0 Å². The van der Waals surface area contributed by atoms with Crippen LogP contribution >= 0.6 is 10.5 Å². The molecule has 7 heavy (non-hydrogen) atoms. The van der Waals surface area contributed by atoms with Gasteiger partial charge >= 0.3 is 0 Å². The van der Waals surface area contributed by atoms with Gasteiger partial charge in [0.2, 0.25) is 0 Å². The maximum atomic E-state index is 5.22. The maximum Gasteiger partial charge on any atom is 0.00648 e. The van der Waals surface area contributed by atoms with Gasteiger partial charge in [0.1, 0.15) is 0 Å². The molecule has 2 N–H and O–H groups in total. The quantitative estimate of drug-likeness (QED) is 0.466. The Labute approximate surface area is 45.4 Å². The fourth-order valence-corrected chi connectivity index (χ4v) is 1.22. The summed E-state index contributed by atoms with van der Waals surface area (Å²) in [6, 6.07) is 0. The van der Waals surface area contributed by atoms with E-state index in [1.54, 1.807) is 5.49 Å². The Morgan fingerprint density at radius 3 is 2.14 bits per heavy atom. The molecule has 0 aromatic rings. The van der Waals surface area contributed by atoms with Crippen LogP contribution in [0.3, 0.4) is 0 Å². The highest BCUT2D eigenvalue weighted by atomic mass is 32.2. The van der Waals surface area contributed by atoms with Crippen molar-refractivity contribution in [1.29, 1.82) is 0 Å². The summed E-state index contributed by atoms with van der Waals surface area (Å²) in [5, 5.41) is 4.14. The average molecular weight is 113 g/mol. The van der Waals surface area contributed by atoms with Gasteiger partial charge in [-0.05, 0) is 10.8 Å². The minimum absolute atomic E-state index is 0.157. The highest BCUT2D eigenvalue weighted by molar-refractivity contribution is 8.20. The van der Waals surface area contributed by atoms with Crippen LogP contribution in [0.15, 0.2) is 23.0 Å². The van der Waals surface area contributed by atoms with Gasteiger partial charge in [0, 0.05) is 5.49 Å². The number of nitrogens with two attached hydrogens (primary N) is 1. The first kappa shape index (κ1) is 4.81. The van der Waals surface area contributed by atoms with Gasteiger partial charge in [0.15, 0.2) is 0 Å². The fraction of sp³-hybridized carbons (Fsp3) is 0. The summed E-state index contributed by atoms with van der Waals surface area (Å²) < 4.78 is 0. The lowest BCUT2D eigenvalue weighted by Gasteiger charge is -1.81. The first-order valence-corrected chi connectivity index (χ1v) is 3.45. The summed E-state index contributed by atoms with van der Waals surface area (Å²) >= 11 is 0. The molecule has 1 nitrogen and oxygen atoms in total. The summed E-state index contributed by atoms with van der Waals surface area (Å²) in [4.78, 5) is 0. The van der Waals surface area contributed by atoms with Crippen LogP contribution in [0.5, 0.6) is 0 Å². The second-order valence-electron chi connectivity index (χ2n) is 1.20. The molecule has 0 fully saturated rings. The van der Waals surface area contributed by atoms with E-state index in [2.05, 4.69) is 10.8 Å². The smallest absolute Gasteiger partial charge is 0.00648 e. The molecular formula is C5H7NS. The van der Waals surface area contributed by atoms with Crippen molar-refractivity contribution in [1.82, 2.24) is 0 Å². The van der Waals surface area contributed by atoms with E-state index in [1.165, 1.54) is 0 Å². The third-order valence-corrected chi connectivity index (χ3v) is 2.00. The Morgan fingerprint density at radius 2 is 1.86 bits per heavy atom. The molecule has 0 aromatic heterocycles. The SMILES string of the molecule is NC=S1C=CC=C1. The third kappa shape index (κ3) is 1.01. The molecular weight excluding hydrogens is 106 g/mol. The molecule has 0 saturated carbocycles. The Kier molecular flexibility index (Phi) is 1.44. The molecule has 0 bridgehead atoms. The minimum Gasteiger partial charge on any atom is -0.304 e. The molecule has 1 heterocycles. The van der Waals surface area contributed by atoms with Crippen molar-refractivity contribution in [2.45, 2.75) is 0 Å². The van der Waals surface area contributed by atoms with Crippen molar-refractivity contribution in [2.75, 3.05) is 0 Å². The van der Waals surface area contributed by atoms with Crippen LogP contribution in [0.1, 0.15) is 0 Å². The lowest BCUT2D eigenvalue weighted by Crippen LogP contribution is -1.84. The van der Waals surface area contributed by atoms with Gasteiger partial charge in [0.25, 0.3) is 0 Å². The second-order valence-corrected chi connectivity index (χ2v) is 2.83. The Bertz CT molecular complexity index is 130. The third-order valence-electron chi connectivity index (χ3n) is 0.740. The molecule has 0 saturated heterocycles. The predicted octanol–water partition coefficient (Wildman–Crippen LogP) is 1.01. The first-order valence-electron chi connectivity index (χ1n) is 2.04. The molecule has 2 heteroatoms. The molecule has 1 aliphatic rings. The predicted molar refractivity (Wildman–Crippen MR) is 36.1 cm³/mol. The summed E-state index contributed by atoms with van der Waals surface area (Å²) in [6.07, 6.45) is 4.01. The summed E-state index contributed by atoms with van der Waals surface area (Å²) in [6.45, 7) is 0. The second kappa shape index (κ2) is 2.09. The van der Waals surface area contributed by atoms with E-state index < -0.39 is 0 Å². The zero-order valence-electron chi connectivity index (χ0n) is 3.87. The van der Waals surface area contributed by atoms with E-state index in [0.29, 0.717) is 0 Å². The van der Waals surface area contributed by atoms with Crippen molar-refractivity contribution < 1.29 is 0 Å². The fourth-order valence-electron chi connectivity index (χ4n) is 0.408. The van der Waals surface area contributed by atoms with Crippen molar-refractivity contribution in [3.05, 3.63) is 23.0 Å². The largest absolute Gasteiger partial charge is 0.304 e. The average Bonchev–Trinajstić information content (AvgIpc) is 2.14. The number of hydrogen-bond donors (Lipinski definition) is 1. The van der Waals surface area contributed by atoms with Gasteiger partial charge in [-0.25, -0.2) is 0 Å². The lowest BCUT2D eigenvalue weighted by molar-refractivity contribution is 1.92. The normalized spacial score (nSPS) is 18.4. The zero-order valence-corrected chi connectivity index (χ0v) is 4.69. The van der Waals surface area contributed by atoms with E-state index in [0.717, 1.165) is 0 Å². The standard InChI is InChI=1S/C5H7NS/c6-5-7-3-1-2-4-7/h1-5H,6H2. The van der Waals surface area contributed by atoms with Crippen LogP contribution in [-0.4, -0.2) is 5.49 Å². The van der Waals surface area contributed by atoms with Crippen molar-refractivity contribution in [2.24, 2.45) is 5.73 Å².